The Bertz CT molecular complexity index is 521. The molecule has 2 aromatic rings. The molecule has 0 saturated carbocycles. The second-order valence-corrected chi connectivity index (χ2v) is 6.30. The van der Waals surface area contributed by atoms with Gasteiger partial charge in [-0.05, 0) is 35.8 Å². The van der Waals surface area contributed by atoms with Crippen LogP contribution in [0.3, 0.4) is 0 Å². The molecular weight excluding hydrogens is 324 g/mol. The van der Waals surface area contributed by atoms with Crippen LogP contribution in [-0.2, 0) is 13.5 Å². The van der Waals surface area contributed by atoms with Crippen molar-refractivity contribution in [3.05, 3.63) is 32.4 Å². The number of aryl methyl sites for hydroxylation is 2. The number of hydrogen-bond donors (Lipinski definition) is 1. The van der Waals surface area contributed by atoms with Gasteiger partial charge in [-0.25, -0.2) is 0 Å². The maximum atomic E-state index is 4.46. The monoisotopic (exact) mass is 342 g/mol. The molecule has 0 saturated heterocycles. The normalized spacial score (nSPS) is 12.8. The lowest BCUT2D eigenvalue weighted by molar-refractivity contribution is 0.517. The Kier molecular flexibility index (Phi) is 5.13. The highest BCUT2D eigenvalue weighted by Crippen LogP contribution is 2.27. The highest BCUT2D eigenvalue weighted by Gasteiger charge is 2.18. The second kappa shape index (κ2) is 6.63. The minimum atomic E-state index is 0.304. The Morgan fingerprint density at radius 2 is 2.32 bits per heavy atom. The van der Waals surface area contributed by atoms with E-state index in [0.29, 0.717) is 6.04 Å². The van der Waals surface area contributed by atoms with Crippen molar-refractivity contribution >= 4 is 27.3 Å². The molecule has 0 aliphatic rings. The highest BCUT2D eigenvalue weighted by molar-refractivity contribution is 9.10. The predicted molar refractivity (Wildman–Crippen MR) is 82.5 cm³/mol. The molecule has 19 heavy (non-hydrogen) atoms. The average molecular weight is 343 g/mol. The third-order valence-corrected chi connectivity index (χ3v) is 5.02. The number of nitrogens with zero attached hydrogens (tertiary/aromatic N) is 3. The molecule has 2 aromatic heterocycles. The SMILES string of the molecule is CCCNC(Cc1c(Br)c(C)nn1C)c1cncs1. The molecule has 0 bridgehead atoms. The van der Waals surface area contributed by atoms with E-state index in [1.54, 1.807) is 11.3 Å². The zero-order valence-corrected chi connectivity index (χ0v) is 13.9. The summed E-state index contributed by atoms with van der Waals surface area (Å²) in [5.41, 5.74) is 4.15. The largest absolute Gasteiger partial charge is 0.309 e. The fourth-order valence-electron chi connectivity index (χ4n) is 2.08. The first-order valence-electron chi connectivity index (χ1n) is 6.43. The molecule has 104 valence electrons. The van der Waals surface area contributed by atoms with Crippen molar-refractivity contribution in [3.8, 4) is 0 Å². The van der Waals surface area contributed by atoms with Crippen molar-refractivity contribution < 1.29 is 0 Å². The van der Waals surface area contributed by atoms with Crippen molar-refractivity contribution in [3.63, 3.8) is 0 Å². The molecule has 2 heterocycles. The van der Waals surface area contributed by atoms with Crippen LogP contribution >= 0.6 is 27.3 Å². The molecule has 0 fully saturated rings. The molecule has 4 nitrogen and oxygen atoms in total. The summed E-state index contributed by atoms with van der Waals surface area (Å²) in [6, 6.07) is 0.304. The summed E-state index contributed by atoms with van der Waals surface area (Å²) in [7, 11) is 2.00. The Hall–Kier alpha value is -0.720. The van der Waals surface area contributed by atoms with Gasteiger partial charge in [0.2, 0.25) is 0 Å². The fourth-order valence-corrected chi connectivity index (χ4v) is 3.28. The molecule has 1 N–H and O–H groups in total. The van der Waals surface area contributed by atoms with E-state index in [-0.39, 0.29) is 0 Å². The zero-order chi connectivity index (χ0) is 13.8. The van der Waals surface area contributed by atoms with Crippen LogP contribution in [-0.4, -0.2) is 21.3 Å². The maximum Gasteiger partial charge on any atom is 0.0794 e. The van der Waals surface area contributed by atoms with Gasteiger partial charge in [-0.3, -0.25) is 9.67 Å². The van der Waals surface area contributed by atoms with E-state index in [1.807, 2.05) is 30.4 Å². The van der Waals surface area contributed by atoms with Gasteiger partial charge in [-0.15, -0.1) is 11.3 Å². The van der Waals surface area contributed by atoms with E-state index in [2.05, 4.69) is 38.3 Å². The molecule has 1 atom stereocenters. The summed E-state index contributed by atoms with van der Waals surface area (Å²) in [5.74, 6) is 0. The lowest BCUT2D eigenvalue weighted by atomic mass is 10.1. The third-order valence-electron chi connectivity index (χ3n) is 3.09. The van der Waals surface area contributed by atoms with E-state index in [4.69, 9.17) is 0 Å². The van der Waals surface area contributed by atoms with Crippen molar-refractivity contribution in [2.45, 2.75) is 32.7 Å². The third kappa shape index (κ3) is 3.43. The standard InChI is InChI=1S/C13H19BrN4S/c1-4-5-16-10(12-7-15-8-19-12)6-11-13(14)9(2)17-18(11)3/h7-8,10,16H,4-6H2,1-3H3. The fraction of sp³-hybridized carbons (Fsp3) is 0.538. The van der Waals surface area contributed by atoms with Gasteiger partial charge in [0, 0.05) is 30.6 Å². The Balaban J connectivity index is 2.20. The molecular formula is C13H19BrN4S. The lowest BCUT2D eigenvalue weighted by Gasteiger charge is -2.17. The van der Waals surface area contributed by atoms with Gasteiger partial charge >= 0.3 is 0 Å². The van der Waals surface area contributed by atoms with Gasteiger partial charge in [-0.1, -0.05) is 6.92 Å². The van der Waals surface area contributed by atoms with Crippen molar-refractivity contribution in [1.29, 1.82) is 0 Å². The minimum absolute atomic E-state index is 0.304. The second-order valence-electron chi connectivity index (χ2n) is 4.58. The highest BCUT2D eigenvalue weighted by atomic mass is 79.9. The van der Waals surface area contributed by atoms with Gasteiger partial charge in [0.1, 0.15) is 0 Å². The molecule has 0 aliphatic carbocycles. The molecule has 0 amide bonds. The molecule has 0 radical (unpaired) electrons. The van der Waals surface area contributed by atoms with Crippen LogP contribution in [0.15, 0.2) is 16.2 Å². The van der Waals surface area contributed by atoms with Gasteiger partial charge < -0.3 is 5.32 Å². The number of hydrogen-bond acceptors (Lipinski definition) is 4. The first-order valence-corrected chi connectivity index (χ1v) is 8.10. The van der Waals surface area contributed by atoms with Gasteiger partial charge in [0.05, 0.1) is 21.4 Å². The van der Waals surface area contributed by atoms with E-state index >= 15 is 0 Å². The van der Waals surface area contributed by atoms with Crippen LogP contribution in [0.2, 0.25) is 0 Å². The topological polar surface area (TPSA) is 42.7 Å². The predicted octanol–water partition coefficient (Wildman–Crippen LogP) is 3.23. The summed E-state index contributed by atoms with van der Waals surface area (Å²) in [4.78, 5) is 5.46. The quantitative estimate of drug-likeness (QED) is 0.876. The number of nitrogens with one attached hydrogen (secondary N) is 1. The van der Waals surface area contributed by atoms with Crippen LogP contribution in [0, 0.1) is 6.92 Å². The summed E-state index contributed by atoms with van der Waals surface area (Å²) >= 11 is 5.34. The van der Waals surface area contributed by atoms with Gasteiger partial charge in [0.25, 0.3) is 0 Å². The van der Waals surface area contributed by atoms with Crippen LogP contribution in [0.4, 0.5) is 0 Å². The number of halogens is 1. The zero-order valence-electron chi connectivity index (χ0n) is 11.5. The van der Waals surface area contributed by atoms with Crippen molar-refractivity contribution in [2.75, 3.05) is 6.54 Å². The Morgan fingerprint density at radius 3 is 2.84 bits per heavy atom. The van der Waals surface area contributed by atoms with Crippen LogP contribution in [0.5, 0.6) is 0 Å². The maximum absolute atomic E-state index is 4.46. The van der Waals surface area contributed by atoms with Crippen LogP contribution < -0.4 is 5.32 Å². The lowest BCUT2D eigenvalue weighted by Crippen LogP contribution is -2.24. The smallest absolute Gasteiger partial charge is 0.0794 e. The minimum Gasteiger partial charge on any atom is -0.309 e. The van der Waals surface area contributed by atoms with Crippen LogP contribution in [0.1, 0.15) is 35.7 Å². The Morgan fingerprint density at radius 1 is 1.53 bits per heavy atom. The Labute approximate surface area is 126 Å². The molecule has 0 aliphatic heterocycles. The first-order chi connectivity index (χ1) is 9.13. The number of aromatic nitrogens is 3. The van der Waals surface area contributed by atoms with Crippen LogP contribution in [0.25, 0.3) is 0 Å². The molecule has 0 aromatic carbocycles. The van der Waals surface area contributed by atoms with E-state index in [1.165, 1.54) is 10.6 Å². The molecule has 0 spiro atoms. The number of rotatable bonds is 6. The van der Waals surface area contributed by atoms with Crippen molar-refractivity contribution in [2.24, 2.45) is 7.05 Å². The van der Waals surface area contributed by atoms with Gasteiger partial charge in [0.15, 0.2) is 0 Å². The van der Waals surface area contributed by atoms with E-state index in [0.717, 1.165) is 29.6 Å². The summed E-state index contributed by atoms with van der Waals surface area (Å²) in [6.07, 6.45) is 4.00. The van der Waals surface area contributed by atoms with E-state index in [9.17, 15) is 0 Å². The molecule has 2 rings (SSSR count). The summed E-state index contributed by atoms with van der Waals surface area (Å²) in [6.45, 7) is 5.21. The summed E-state index contributed by atoms with van der Waals surface area (Å²) in [5, 5.41) is 8.05. The number of thiazole rings is 1. The molecule has 1 unspecified atom stereocenters. The average Bonchev–Trinajstić information content (AvgIpc) is 2.98. The van der Waals surface area contributed by atoms with E-state index < -0.39 is 0 Å². The first kappa shape index (κ1) is 14.7. The van der Waals surface area contributed by atoms with Crippen molar-refractivity contribution in [1.82, 2.24) is 20.1 Å². The molecule has 6 heteroatoms. The van der Waals surface area contributed by atoms with Gasteiger partial charge in [-0.2, -0.15) is 5.10 Å². The summed E-state index contributed by atoms with van der Waals surface area (Å²) < 4.78 is 3.07.